The highest BCUT2D eigenvalue weighted by Crippen LogP contribution is 2.19. The Bertz CT molecular complexity index is 421. The third-order valence-electron chi connectivity index (χ3n) is 1.84. The van der Waals surface area contributed by atoms with Crippen LogP contribution < -0.4 is 4.68 Å². The van der Waals surface area contributed by atoms with Gasteiger partial charge in [-0.15, -0.1) is 0 Å². The molecule has 0 N–H and O–H groups in total. The topological polar surface area (TPSA) is 42.8 Å². The molecule has 2 heterocycles. The van der Waals surface area contributed by atoms with Gasteiger partial charge in [0.25, 0.3) is 0 Å². The Hall–Kier alpha value is -1.23. The summed E-state index contributed by atoms with van der Waals surface area (Å²) in [5.74, 6) is 0.829. The minimum Gasteiger partial charge on any atom is -0.361 e. The lowest BCUT2D eigenvalue weighted by atomic mass is 10.3. The van der Waals surface area contributed by atoms with Crippen molar-refractivity contribution in [3.63, 3.8) is 0 Å². The molecule has 0 amide bonds. The van der Waals surface area contributed by atoms with Gasteiger partial charge in [-0.25, -0.2) is 0 Å². The highest BCUT2D eigenvalue weighted by atomic mass is 32.1. The van der Waals surface area contributed by atoms with Gasteiger partial charge in [0.2, 0.25) is 6.20 Å². The van der Waals surface area contributed by atoms with Crippen molar-refractivity contribution in [1.82, 2.24) is 9.64 Å². The predicted octanol–water partition coefficient (Wildman–Crippen LogP) is 1.80. The maximum Gasteiger partial charge on any atom is 0.218 e. The summed E-state index contributed by atoms with van der Waals surface area (Å²) in [4.78, 5) is 1.05. The quantitative estimate of drug-likeness (QED) is 0.725. The van der Waals surface area contributed by atoms with Crippen LogP contribution in [-0.4, -0.2) is 9.64 Å². The van der Waals surface area contributed by atoms with Crippen molar-refractivity contribution in [2.75, 3.05) is 0 Å². The molecule has 2 aromatic rings. The molecule has 0 bridgehead atoms. The minimum atomic E-state index is 0.829. The fourth-order valence-corrected chi connectivity index (χ4v) is 1.89. The fourth-order valence-electron chi connectivity index (χ4n) is 1.21. The number of aromatic nitrogens is 3. The molecule has 4 nitrogen and oxygen atoms in total. The van der Waals surface area contributed by atoms with Gasteiger partial charge in [-0.05, 0) is 6.92 Å². The van der Waals surface area contributed by atoms with E-state index in [4.69, 9.17) is 4.52 Å². The maximum atomic E-state index is 5.01. The fraction of sp³-hybridized carbons (Fsp3) is 0.444. The monoisotopic (exact) mass is 210 g/mol. The van der Waals surface area contributed by atoms with Crippen molar-refractivity contribution in [2.45, 2.75) is 26.8 Å². The molecular formula is C9H12N3OS+. The molecule has 0 aliphatic heterocycles. The van der Waals surface area contributed by atoms with Gasteiger partial charge in [-0.3, -0.25) is 0 Å². The van der Waals surface area contributed by atoms with Crippen molar-refractivity contribution < 1.29 is 9.20 Å². The molecule has 0 fully saturated rings. The summed E-state index contributed by atoms with van der Waals surface area (Å²) >= 11 is 1.45. The number of hydrogen-bond donors (Lipinski definition) is 0. The van der Waals surface area contributed by atoms with Crippen LogP contribution in [-0.2, 0) is 6.54 Å². The molecule has 0 aliphatic carbocycles. The molecule has 14 heavy (non-hydrogen) atoms. The van der Waals surface area contributed by atoms with E-state index < -0.39 is 0 Å². The van der Waals surface area contributed by atoms with Crippen molar-refractivity contribution in [3.05, 3.63) is 18.0 Å². The number of nitrogens with zero attached hydrogens (tertiary/aromatic N) is 3. The van der Waals surface area contributed by atoms with Gasteiger partial charge in [0.05, 0.1) is 4.49 Å². The second-order valence-corrected chi connectivity index (χ2v) is 3.94. The van der Waals surface area contributed by atoms with Crippen molar-refractivity contribution >= 4 is 11.5 Å². The molecule has 2 rings (SSSR count). The first-order valence-electron chi connectivity index (χ1n) is 4.59. The van der Waals surface area contributed by atoms with Gasteiger partial charge in [-0.2, -0.15) is 0 Å². The Morgan fingerprint density at radius 1 is 1.57 bits per heavy atom. The number of hydrogen-bond acceptors (Lipinski definition) is 4. The van der Waals surface area contributed by atoms with Crippen LogP contribution in [0.5, 0.6) is 0 Å². The van der Waals surface area contributed by atoms with Crippen LogP contribution in [0.2, 0.25) is 0 Å². The molecule has 5 heteroatoms. The molecule has 0 radical (unpaired) electrons. The Morgan fingerprint density at radius 2 is 2.43 bits per heavy atom. The highest BCUT2D eigenvalue weighted by Gasteiger charge is 2.13. The molecule has 74 valence electrons. The lowest BCUT2D eigenvalue weighted by molar-refractivity contribution is -0.746. The lowest BCUT2D eigenvalue weighted by Crippen LogP contribution is -2.33. The lowest BCUT2D eigenvalue weighted by Gasteiger charge is -1.80. The molecule has 0 aromatic carbocycles. The molecule has 2 aromatic heterocycles. The van der Waals surface area contributed by atoms with Gasteiger partial charge in [0.1, 0.15) is 16.3 Å². The first-order chi connectivity index (χ1) is 6.79. The Balaban J connectivity index is 2.24. The van der Waals surface area contributed by atoms with Gasteiger partial charge in [0, 0.05) is 24.0 Å². The summed E-state index contributed by atoms with van der Waals surface area (Å²) in [6.45, 7) is 4.97. The largest absolute Gasteiger partial charge is 0.361 e. The summed E-state index contributed by atoms with van der Waals surface area (Å²) in [5.41, 5.74) is 0.870. The van der Waals surface area contributed by atoms with Gasteiger partial charge in [0.15, 0.2) is 6.54 Å². The highest BCUT2D eigenvalue weighted by molar-refractivity contribution is 7.09. The van der Waals surface area contributed by atoms with Crippen molar-refractivity contribution in [2.24, 2.45) is 0 Å². The summed E-state index contributed by atoms with van der Waals surface area (Å²) < 4.78 is 11.2. The molecule has 0 unspecified atom stereocenters. The standard InChI is InChI=1S/C9H12N3OS/c1-3-4-12-6-9(14-11-12)8-5-7(2)13-10-8/h5-6H,3-4H2,1-2H3/q+1. The van der Waals surface area contributed by atoms with Gasteiger partial charge in [-0.1, -0.05) is 16.8 Å². The van der Waals surface area contributed by atoms with E-state index in [1.54, 1.807) is 0 Å². The van der Waals surface area contributed by atoms with E-state index in [0.29, 0.717) is 0 Å². The normalized spacial score (nSPS) is 10.7. The first kappa shape index (κ1) is 9.33. The zero-order valence-electron chi connectivity index (χ0n) is 8.23. The van der Waals surface area contributed by atoms with E-state index in [9.17, 15) is 0 Å². The summed E-state index contributed by atoms with van der Waals surface area (Å²) in [6, 6.07) is 1.92. The maximum absolute atomic E-state index is 5.01. The van der Waals surface area contributed by atoms with Crippen molar-refractivity contribution in [1.29, 1.82) is 0 Å². The third kappa shape index (κ3) is 1.82. The first-order valence-corrected chi connectivity index (χ1v) is 5.37. The van der Waals surface area contributed by atoms with Crippen LogP contribution in [0.3, 0.4) is 0 Å². The van der Waals surface area contributed by atoms with E-state index >= 15 is 0 Å². The zero-order chi connectivity index (χ0) is 9.97. The average molecular weight is 210 g/mol. The summed E-state index contributed by atoms with van der Waals surface area (Å²) in [6.07, 6.45) is 3.09. The Kier molecular flexibility index (Phi) is 2.58. The molecule has 0 atom stereocenters. The third-order valence-corrected chi connectivity index (χ3v) is 2.65. The van der Waals surface area contributed by atoms with Crippen LogP contribution in [0.4, 0.5) is 0 Å². The molecule has 0 saturated heterocycles. The summed E-state index contributed by atoms with van der Waals surface area (Å²) in [7, 11) is 0. The smallest absolute Gasteiger partial charge is 0.218 e. The van der Waals surface area contributed by atoms with Crippen LogP contribution in [0.1, 0.15) is 19.1 Å². The molecule has 0 spiro atoms. The van der Waals surface area contributed by atoms with E-state index in [1.165, 1.54) is 11.5 Å². The average Bonchev–Trinajstić information content (AvgIpc) is 2.74. The van der Waals surface area contributed by atoms with Crippen LogP contribution in [0.25, 0.3) is 10.6 Å². The van der Waals surface area contributed by atoms with E-state index in [-0.39, 0.29) is 0 Å². The van der Waals surface area contributed by atoms with Crippen LogP contribution in [0.15, 0.2) is 16.8 Å². The minimum absolute atomic E-state index is 0.829. The SMILES string of the molecule is CCC[n+]1cc(-c2cc(C)on2)sn1. The second-order valence-electron chi connectivity index (χ2n) is 3.15. The summed E-state index contributed by atoms with van der Waals surface area (Å²) in [5, 5.41) is 3.94. The van der Waals surface area contributed by atoms with Gasteiger partial charge >= 0.3 is 0 Å². The number of aryl methyl sites for hydroxylation is 2. The van der Waals surface area contributed by atoms with Crippen molar-refractivity contribution in [3.8, 4) is 10.6 Å². The van der Waals surface area contributed by atoms with E-state index in [0.717, 1.165) is 29.3 Å². The molecule has 0 saturated carbocycles. The van der Waals surface area contributed by atoms with E-state index in [1.807, 2.05) is 23.9 Å². The molecular weight excluding hydrogens is 198 g/mol. The van der Waals surface area contributed by atoms with Gasteiger partial charge < -0.3 is 4.52 Å². The van der Waals surface area contributed by atoms with Crippen LogP contribution >= 0.6 is 11.5 Å². The Labute approximate surface area is 86.3 Å². The van der Waals surface area contributed by atoms with Crippen LogP contribution in [0, 0.1) is 6.92 Å². The predicted molar refractivity (Wildman–Crippen MR) is 52.8 cm³/mol. The number of rotatable bonds is 3. The molecule has 0 aliphatic rings. The Morgan fingerprint density at radius 3 is 3.07 bits per heavy atom. The second kappa shape index (κ2) is 3.88. The zero-order valence-corrected chi connectivity index (χ0v) is 9.04. The van der Waals surface area contributed by atoms with E-state index in [2.05, 4.69) is 16.6 Å².